The Labute approximate surface area is 194 Å². The minimum atomic E-state index is -0.333. The number of aromatic hydroxyl groups is 1. The monoisotopic (exact) mass is 438 g/mol. The van der Waals surface area contributed by atoms with Crippen molar-refractivity contribution in [1.29, 1.82) is 0 Å². The Morgan fingerprint density at radius 3 is 2.84 bits per heavy atom. The molecule has 0 bridgehead atoms. The van der Waals surface area contributed by atoms with Gasteiger partial charge in [0.15, 0.2) is 0 Å². The maximum atomic E-state index is 11.2. The van der Waals surface area contributed by atoms with Crippen LogP contribution in [0.15, 0.2) is 35.9 Å². The molecule has 1 aromatic carbocycles. The summed E-state index contributed by atoms with van der Waals surface area (Å²) in [5, 5.41) is 20.8. The van der Waals surface area contributed by atoms with Gasteiger partial charge in [0.2, 0.25) is 0 Å². The molecule has 0 saturated heterocycles. The van der Waals surface area contributed by atoms with Crippen molar-refractivity contribution in [3.05, 3.63) is 41.5 Å². The van der Waals surface area contributed by atoms with Gasteiger partial charge in [-0.1, -0.05) is 44.4 Å². The van der Waals surface area contributed by atoms with Gasteiger partial charge in [0, 0.05) is 5.56 Å². The molecule has 1 fully saturated rings. The van der Waals surface area contributed by atoms with Crippen LogP contribution in [0.3, 0.4) is 0 Å². The minimum absolute atomic E-state index is 0.250. The number of rotatable bonds is 7. The summed E-state index contributed by atoms with van der Waals surface area (Å²) in [4.78, 5) is 0. The number of aliphatic hydroxyl groups excluding tert-OH is 1. The number of ether oxygens (including phenoxy) is 1. The first-order valence-corrected chi connectivity index (χ1v) is 12.8. The van der Waals surface area contributed by atoms with Crippen molar-refractivity contribution in [2.24, 2.45) is 23.2 Å². The Hall–Kier alpha value is -1.74. The molecule has 0 spiro atoms. The number of phenolic OH excluding ortho intramolecular Hbond substituents is 1. The summed E-state index contributed by atoms with van der Waals surface area (Å²) in [5.41, 5.74) is 2.47. The summed E-state index contributed by atoms with van der Waals surface area (Å²) >= 11 is 0. The lowest BCUT2D eigenvalue weighted by Crippen LogP contribution is -2.42. The van der Waals surface area contributed by atoms with Crippen LogP contribution < -0.4 is 4.74 Å². The second-order valence-corrected chi connectivity index (χ2v) is 11.3. The van der Waals surface area contributed by atoms with E-state index in [0.29, 0.717) is 11.3 Å². The van der Waals surface area contributed by atoms with Gasteiger partial charge >= 0.3 is 0 Å². The molecule has 0 aromatic heterocycles. The van der Waals surface area contributed by atoms with Gasteiger partial charge in [-0.25, -0.2) is 0 Å². The van der Waals surface area contributed by atoms with Crippen molar-refractivity contribution < 1.29 is 14.9 Å². The van der Waals surface area contributed by atoms with Crippen LogP contribution in [-0.2, 0) is 0 Å². The fraction of sp³-hybridized carbons (Fsp3) is 0.655. The van der Waals surface area contributed by atoms with Crippen molar-refractivity contribution in [2.75, 3.05) is 0 Å². The highest BCUT2D eigenvalue weighted by Crippen LogP contribution is 2.54. The maximum absolute atomic E-state index is 11.2. The summed E-state index contributed by atoms with van der Waals surface area (Å²) in [6.45, 7) is 9.13. The normalized spacial score (nSPS) is 33.5. The van der Waals surface area contributed by atoms with Crippen molar-refractivity contribution in [3.63, 3.8) is 0 Å². The minimum Gasteiger partial charge on any atom is -0.508 e. The average Bonchev–Trinajstić information content (AvgIpc) is 2.76. The fourth-order valence-corrected chi connectivity index (χ4v) is 6.61. The zero-order valence-corrected chi connectivity index (χ0v) is 20.4. The molecule has 3 heteroatoms. The quantitative estimate of drug-likeness (QED) is 0.440. The van der Waals surface area contributed by atoms with E-state index >= 15 is 0 Å². The van der Waals surface area contributed by atoms with Crippen LogP contribution in [0.4, 0.5) is 0 Å². The molecule has 2 aliphatic carbocycles. The van der Waals surface area contributed by atoms with E-state index in [-0.39, 0.29) is 23.4 Å². The molecule has 1 aliphatic heterocycles. The summed E-state index contributed by atoms with van der Waals surface area (Å²) in [5.74, 6) is 2.70. The van der Waals surface area contributed by atoms with E-state index in [2.05, 4.69) is 45.9 Å². The maximum Gasteiger partial charge on any atom is 0.128 e. The predicted molar refractivity (Wildman–Crippen MR) is 132 cm³/mol. The molecule has 0 radical (unpaired) electrons. The molecule has 6 atom stereocenters. The highest BCUT2D eigenvalue weighted by atomic mass is 16.5. The Morgan fingerprint density at radius 2 is 2.03 bits per heavy atom. The molecule has 5 unspecified atom stereocenters. The standard InChI is InChI=1S/C29H42O3/c1-20-10-11-23-9-5-6-16-29(23,4)25(20)19-26(31)21(2)8-7-15-28(3)17-14-22-18-24(30)12-13-27(22)32-28/h10,12-14,17-18,21,23,25-26,30-31H,5-9,11,15-16,19H2,1-4H3/t21-,23?,25?,26?,28?,29?/m1/s1. The summed E-state index contributed by atoms with van der Waals surface area (Å²) < 4.78 is 6.26. The lowest BCUT2D eigenvalue weighted by molar-refractivity contribution is 0.00562. The van der Waals surface area contributed by atoms with Gasteiger partial charge in [0.05, 0.1) is 6.10 Å². The van der Waals surface area contributed by atoms with Gasteiger partial charge in [0.1, 0.15) is 17.1 Å². The molecular formula is C29H42O3. The molecule has 176 valence electrons. The van der Waals surface area contributed by atoms with Gasteiger partial charge in [-0.2, -0.15) is 0 Å². The van der Waals surface area contributed by atoms with E-state index in [0.717, 1.165) is 42.9 Å². The molecular weight excluding hydrogens is 396 g/mol. The zero-order valence-electron chi connectivity index (χ0n) is 20.4. The average molecular weight is 439 g/mol. The molecule has 1 saturated carbocycles. The summed E-state index contributed by atoms with van der Waals surface area (Å²) in [6, 6.07) is 5.26. The topological polar surface area (TPSA) is 49.7 Å². The SMILES string of the molecule is CC1=CCC2CCCCC2(C)C1CC(O)[C@H](C)CCCC1(C)C=Cc2cc(O)ccc2O1. The van der Waals surface area contributed by atoms with Crippen molar-refractivity contribution >= 4 is 6.08 Å². The summed E-state index contributed by atoms with van der Waals surface area (Å²) in [6.07, 6.45) is 16.9. The Morgan fingerprint density at radius 1 is 1.22 bits per heavy atom. The molecule has 1 heterocycles. The first-order chi connectivity index (χ1) is 15.2. The van der Waals surface area contributed by atoms with Crippen LogP contribution >= 0.6 is 0 Å². The smallest absolute Gasteiger partial charge is 0.128 e. The molecule has 3 aliphatic rings. The van der Waals surface area contributed by atoms with Gasteiger partial charge in [-0.05, 0) is 106 Å². The molecule has 0 amide bonds. The first kappa shape index (κ1) is 23.4. The van der Waals surface area contributed by atoms with Crippen LogP contribution in [0.25, 0.3) is 6.08 Å². The van der Waals surface area contributed by atoms with Gasteiger partial charge in [-0.3, -0.25) is 0 Å². The van der Waals surface area contributed by atoms with E-state index in [1.165, 1.54) is 37.7 Å². The molecule has 4 rings (SSSR count). The van der Waals surface area contributed by atoms with Crippen LogP contribution in [0.2, 0.25) is 0 Å². The van der Waals surface area contributed by atoms with Crippen LogP contribution in [0.1, 0.15) is 91.0 Å². The van der Waals surface area contributed by atoms with E-state index in [1.54, 1.807) is 12.1 Å². The molecule has 1 aromatic rings. The van der Waals surface area contributed by atoms with E-state index < -0.39 is 0 Å². The number of phenols is 1. The van der Waals surface area contributed by atoms with Gasteiger partial charge < -0.3 is 14.9 Å². The van der Waals surface area contributed by atoms with Gasteiger partial charge in [-0.15, -0.1) is 0 Å². The second-order valence-electron chi connectivity index (χ2n) is 11.3. The van der Waals surface area contributed by atoms with E-state index in [9.17, 15) is 10.2 Å². The molecule has 32 heavy (non-hydrogen) atoms. The summed E-state index contributed by atoms with van der Waals surface area (Å²) in [7, 11) is 0. The predicted octanol–water partition coefficient (Wildman–Crippen LogP) is 7.28. The number of aliphatic hydroxyl groups is 1. The molecule has 3 nitrogen and oxygen atoms in total. The van der Waals surface area contributed by atoms with Crippen molar-refractivity contribution in [2.45, 2.75) is 97.2 Å². The van der Waals surface area contributed by atoms with Crippen LogP contribution in [0, 0.1) is 23.2 Å². The lowest BCUT2D eigenvalue weighted by atomic mass is 9.54. The van der Waals surface area contributed by atoms with Crippen molar-refractivity contribution in [3.8, 4) is 11.5 Å². The molecule has 2 N–H and O–H groups in total. The highest BCUT2D eigenvalue weighted by molar-refractivity contribution is 5.62. The first-order valence-electron chi connectivity index (χ1n) is 12.8. The zero-order chi connectivity index (χ0) is 22.9. The number of hydrogen-bond acceptors (Lipinski definition) is 3. The third-order valence-electron chi connectivity index (χ3n) is 8.94. The number of benzene rings is 1. The second kappa shape index (κ2) is 9.25. The van der Waals surface area contributed by atoms with Crippen LogP contribution in [0.5, 0.6) is 11.5 Å². The third kappa shape index (κ3) is 4.78. The van der Waals surface area contributed by atoms with E-state index in [1.807, 2.05) is 6.07 Å². The largest absolute Gasteiger partial charge is 0.508 e. The van der Waals surface area contributed by atoms with Gasteiger partial charge in [0.25, 0.3) is 0 Å². The number of hydrogen-bond donors (Lipinski definition) is 2. The third-order valence-corrected chi connectivity index (χ3v) is 8.94. The number of allylic oxidation sites excluding steroid dienone is 2. The Balaban J connectivity index is 1.31. The lowest BCUT2D eigenvalue weighted by Gasteiger charge is -2.51. The fourth-order valence-electron chi connectivity index (χ4n) is 6.61. The Kier molecular flexibility index (Phi) is 6.77. The Bertz CT molecular complexity index is 871. The van der Waals surface area contributed by atoms with Crippen molar-refractivity contribution in [1.82, 2.24) is 0 Å². The van der Waals surface area contributed by atoms with Crippen LogP contribution in [-0.4, -0.2) is 21.9 Å². The van der Waals surface area contributed by atoms with E-state index in [4.69, 9.17) is 4.74 Å². The number of fused-ring (bicyclic) bond motifs is 2. The highest BCUT2D eigenvalue weighted by Gasteiger charge is 2.45.